The number of carbonyl (C=O) groups excluding carboxylic acids is 2. The summed E-state index contributed by atoms with van der Waals surface area (Å²) >= 11 is 0. The lowest BCUT2D eigenvalue weighted by atomic mass is 10.00. The van der Waals surface area contributed by atoms with Gasteiger partial charge in [0.2, 0.25) is 5.88 Å². The van der Waals surface area contributed by atoms with E-state index >= 15 is 0 Å². The predicted molar refractivity (Wildman–Crippen MR) is 139 cm³/mol. The molecular formula is C27H34N4O6. The molecule has 0 radical (unpaired) electrons. The summed E-state index contributed by atoms with van der Waals surface area (Å²) in [5.41, 5.74) is 1.28. The number of pyridine rings is 1. The molecule has 0 saturated carbocycles. The zero-order valence-corrected chi connectivity index (χ0v) is 21.8. The van der Waals surface area contributed by atoms with Crippen molar-refractivity contribution in [2.45, 2.75) is 39.0 Å². The van der Waals surface area contributed by atoms with E-state index in [1.807, 2.05) is 6.92 Å². The van der Waals surface area contributed by atoms with Crippen LogP contribution in [0.5, 0.6) is 11.6 Å². The molecule has 4 atom stereocenters. The van der Waals surface area contributed by atoms with Crippen LogP contribution in [0.1, 0.15) is 36.7 Å². The van der Waals surface area contributed by atoms with Crippen molar-refractivity contribution in [1.29, 1.82) is 0 Å². The number of hydrogen-bond acceptors (Lipinski definition) is 7. The quantitative estimate of drug-likeness (QED) is 0.509. The van der Waals surface area contributed by atoms with E-state index in [-0.39, 0.29) is 42.5 Å². The smallest absolute Gasteiger partial charge is 0.321 e. The number of ether oxygens (including phenoxy) is 2. The number of anilines is 1. The van der Waals surface area contributed by atoms with Gasteiger partial charge in [-0.2, -0.15) is 0 Å². The minimum absolute atomic E-state index is 0.128. The van der Waals surface area contributed by atoms with Crippen LogP contribution in [0.3, 0.4) is 0 Å². The molecule has 1 aliphatic rings. The van der Waals surface area contributed by atoms with Crippen LogP contribution in [-0.2, 0) is 0 Å². The van der Waals surface area contributed by atoms with Gasteiger partial charge in [-0.15, -0.1) is 0 Å². The maximum Gasteiger partial charge on any atom is 0.321 e. The molecule has 0 fully saturated rings. The fourth-order valence-corrected chi connectivity index (χ4v) is 3.82. The van der Waals surface area contributed by atoms with Gasteiger partial charge in [0.05, 0.1) is 26.3 Å². The van der Waals surface area contributed by atoms with Gasteiger partial charge in [0.15, 0.2) is 0 Å². The molecule has 37 heavy (non-hydrogen) atoms. The first-order chi connectivity index (χ1) is 17.6. The molecule has 1 aromatic carbocycles. The molecular weight excluding hydrogens is 476 g/mol. The number of urea groups is 1. The predicted octanol–water partition coefficient (Wildman–Crippen LogP) is 2.21. The molecule has 3 amide bonds. The van der Waals surface area contributed by atoms with Crippen molar-refractivity contribution in [2.75, 3.05) is 39.2 Å². The average Bonchev–Trinajstić information content (AvgIpc) is 2.89. The topological polar surface area (TPSA) is 124 Å². The van der Waals surface area contributed by atoms with Gasteiger partial charge in [-0.1, -0.05) is 18.8 Å². The van der Waals surface area contributed by atoms with E-state index in [2.05, 4.69) is 22.1 Å². The molecule has 2 aromatic rings. The summed E-state index contributed by atoms with van der Waals surface area (Å²) < 4.78 is 11.4. The second-order valence-corrected chi connectivity index (χ2v) is 9.18. The summed E-state index contributed by atoms with van der Waals surface area (Å²) in [6.45, 7) is 5.56. The maximum atomic E-state index is 13.4. The number of nitrogens with zero attached hydrogens (tertiary/aromatic N) is 3. The van der Waals surface area contributed by atoms with Gasteiger partial charge >= 0.3 is 6.03 Å². The van der Waals surface area contributed by atoms with Crippen LogP contribution in [0.2, 0.25) is 0 Å². The largest absolute Gasteiger partial charge is 0.497 e. The maximum absolute atomic E-state index is 13.4. The van der Waals surface area contributed by atoms with E-state index < -0.39 is 18.2 Å². The van der Waals surface area contributed by atoms with Crippen LogP contribution < -0.4 is 14.8 Å². The van der Waals surface area contributed by atoms with Crippen LogP contribution in [0.25, 0.3) is 0 Å². The number of likely N-dealkylation sites (N-methyl/N-ethyl adjacent to an activating group) is 1. The molecule has 198 valence electrons. The fraction of sp³-hybridized carbons (Fsp3) is 0.444. The minimum atomic E-state index is -0.829. The van der Waals surface area contributed by atoms with Crippen LogP contribution in [0, 0.1) is 17.8 Å². The van der Waals surface area contributed by atoms with Gasteiger partial charge in [0, 0.05) is 37.0 Å². The van der Waals surface area contributed by atoms with Crippen molar-refractivity contribution in [2.24, 2.45) is 5.92 Å². The van der Waals surface area contributed by atoms with E-state index in [0.29, 0.717) is 23.5 Å². The number of aromatic nitrogens is 1. The average molecular weight is 511 g/mol. The number of carbonyl (C=O) groups is 2. The second kappa shape index (κ2) is 12.4. The molecule has 0 aliphatic carbocycles. The third-order valence-electron chi connectivity index (χ3n) is 6.09. The molecule has 1 aliphatic heterocycles. The van der Waals surface area contributed by atoms with E-state index in [4.69, 9.17) is 9.47 Å². The summed E-state index contributed by atoms with van der Waals surface area (Å²) in [6, 6.07) is 7.82. The number of aliphatic hydroxyl groups is 2. The Kier molecular flexibility index (Phi) is 9.33. The fourth-order valence-electron chi connectivity index (χ4n) is 3.82. The zero-order chi connectivity index (χ0) is 27.1. The van der Waals surface area contributed by atoms with Gasteiger partial charge in [-0.25, -0.2) is 9.78 Å². The first kappa shape index (κ1) is 27.8. The zero-order valence-electron chi connectivity index (χ0n) is 21.8. The molecule has 1 aromatic heterocycles. The van der Waals surface area contributed by atoms with Crippen LogP contribution in [0.4, 0.5) is 10.5 Å². The molecule has 3 rings (SSSR count). The van der Waals surface area contributed by atoms with Gasteiger partial charge in [-0.05, 0) is 44.2 Å². The number of benzene rings is 1. The first-order valence-corrected chi connectivity index (χ1v) is 12.1. The van der Waals surface area contributed by atoms with Crippen LogP contribution in [0.15, 0.2) is 36.5 Å². The van der Waals surface area contributed by atoms with Crippen molar-refractivity contribution in [3.05, 3.63) is 47.7 Å². The van der Waals surface area contributed by atoms with Gasteiger partial charge < -0.3 is 34.8 Å². The Morgan fingerprint density at radius 3 is 2.68 bits per heavy atom. The summed E-state index contributed by atoms with van der Waals surface area (Å²) in [5, 5.41) is 22.1. The standard InChI is InChI=1S/C27H34N4O6/c1-17-14-31(18(2)16-32)26(34)23-12-20(7-6-19(3)33)13-28-25(23)37-24(17)15-30(4)27(35)29-21-8-10-22(36-5)11-9-21/h8-13,17-19,24,32-33H,14-16H2,1-5H3,(H,29,35)/t17-,18-,19+,24-/m0/s1. The third-order valence-corrected chi connectivity index (χ3v) is 6.09. The van der Waals surface area contributed by atoms with E-state index in [1.54, 1.807) is 63.2 Å². The first-order valence-electron chi connectivity index (χ1n) is 12.1. The number of nitrogens with one attached hydrogen (secondary N) is 1. The van der Waals surface area contributed by atoms with Crippen molar-refractivity contribution < 1.29 is 29.3 Å². The van der Waals surface area contributed by atoms with Crippen molar-refractivity contribution in [3.63, 3.8) is 0 Å². The number of methoxy groups -OCH3 is 1. The molecule has 3 N–H and O–H groups in total. The summed E-state index contributed by atoms with van der Waals surface area (Å²) in [4.78, 5) is 33.7. The lowest BCUT2D eigenvalue weighted by molar-refractivity contribution is 0.0356. The van der Waals surface area contributed by atoms with Gasteiger partial charge in [0.25, 0.3) is 5.91 Å². The summed E-state index contributed by atoms with van der Waals surface area (Å²) in [5.74, 6) is 5.74. The summed E-state index contributed by atoms with van der Waals surface area (Å²) in [7, 11) is 3.24. The van der Waals surface area contributed by atoms with Gasteiger partial charge in [-0.3, -0.25) is 4.79 Å². The highest BCUT2D eigenvalue weighted by molar-refractivity contribution is 5.97. The Labute approximate surface area is 217 Å². The Bertz CT molecular complexity index is 1160. The highest BCUT2D eigenvalue weighted by Crippen LogP contribution is 2.27. The van der Waals surface area contributed by atoms with E-state index in [9.17, 15) is 19.8 Å². The van der Waals surface area contributed by atoms with Crippen LogP contribution in [-0.4, -0.2) is 89.0 Å². The highest BCUT2D eigenvalue weighted by atomic mass is 16.5. The van der Waals surface area contributed by atoms with Crippen molar-refractivity contribution in [3.8, 4) is 23.5 Å². The van der Waals surface area contributed by atoms with Crippen molar-refractivity contribution in [1.82, 2.24) is 14.8 Å². The second-order valence-electron chi connectivity index (χ2n) is 9.18. The number of hydrogen-bond donors (Lipinski definition) is 3. The number of amides is 3. The Balaban J connectivity index is 1.85. The minimum Gasteiger partial charge on any atom is -0.497 e. The molecule has 2 heterocycles. The van der Waals surface area contributed by atoms with Crippen molar-refractivity contribution >= 4 is 17.6 Å². The molecule has 10 nitrogen and oxygen atoms in total. The highest BCUT2D eigenvalue weighted by Gasteiger charge is 2.34. The van der Waals surface area contributed by atoms with Crippen LogP contribution >= 0.6 is 0 Å². The van der Waals surface area contributed by atoms with E-state index in [0.717, 1.165) is 0 Å². The lowest BCUT2D eigenvalue weighted by Gasteiger charge is -2.37. The molecule has 0 unspecified atom stereocenters. The number of rotatable bonds is 6. The lowest BCUT2D eigenvalue weighted by Crippen LogP contribution is -2.50. The Morgan fingerprint density at radius 1 is 1.35 bits per heavy atom. The molecule has 0 spiro atoms. The van der Waals surface area contributed by atoms with Gasteiger partial charge in [0.1, 0.15) is 23.5 Å². The Morgan fingerprint density at radius 2 is 2.05 bits per heavy atom. The number of fused-ring (bicyclic) bond motifs is 1. The molecule has 0 saturated heterocycles. The summed E-state index contributed by atoms with van der Waals surface area (Å²) in [6.07, 6.45) is 0.156. The SMILES string of the molecule is COc1ccc(NC(=O)N(C)C[C@@H]2Oc3ncc(C#C[C@@H](C)O)cc3C(=O)N([C@@H](C)CO)C[C@@H]2C)cc1. The third kappa shape index (κ3) is 7.12. The van der Waals surface area contributed by atoms with E-state index in [1.165, 1.54) is 11.1 Å². The molecule has 0 bridgehead atoms. The normalized spacial score (nSPS) is 18.7. The monoisotopic (exact) mass is 510 g/mol. The number of aliphatic hydroxyl groups excluding tert-OH is 2. The molecule has 10 heteroatoms. The Hall–Kier alpha value is -3.81.